The Kier molecular flexibility index (Phi) is 8.30. The second-order valence-electron chi connectivity index (χ2n) is 8.62. The number of rotatable bonds is 9. The highest BCUT2D eigenvalue weighted by Crippen LogP contribution is 2.25. The van der Waals surface area contributed by atoms with Crippen LogP contribution in [0.4, 0.5) is 11.6 Å². The van der Waals surface area contributed by atoms with E-state index in [2.05, 4.69) is 20.6 Å². The van der Waals surface area contributed by atoms with Crippen molar-refractivity contribution in [3.05, 3.63) is 71.4 Å². The molecule has 1 atom stereocenters. The van der Waals surface area contributed by atoms with Crippen LogP contribution in [0.2, 0.25) is 0 Å². The smallest absolute Gasteiger partial charge is 0.337 e. The van der Waals surface area contributed by atoms with Crippen molar-refractivity contribution in [2.75, 3.05) is 24.3 Å². The van der Waals surface area contributed by atoms with Crippen molar-refractivity contribution in [3.8, 4) is 0 Å². The number of nitrogens with one attached hydrogen (secondary N) is 2. The fraction of sp³-hybridized carbons (Fsp3) is 0.269. The number of esters is 1. The molecule has 0 saturated carbocycles. The Morgan fingerprint density at radius 2 is 1.77 bits per heavy atom. The maximum atomic E-state index is 13.2. The van der Waals surface area contributed by atoms with Crippen LogP contribution < -0.4 is 15.3 Å². The van der Waals surface area contributed by atoms with Crippen LogP contribution in [0.5, 0.6) is 0 Å². The van der Waals surface area contributed by atoms with Gasteiger partial charge in [0, 0.05) is 17.8 Å². The van der Waals surface area contributed by atoms with Gasteiger partial charge in [-0.25, -0.2) is 4.79 Å². The van der Waals surface area contributed by atoms with Gasteiger partial charge in [-0.05, 0) is 60.2 Å². The topological polar surface area (TPSA) is 138 Å². The van der Waals surface area contributed by atoms with Gasteiger partial charge in [0.15, 0.2) is 12.2 Å². The lowest BCUT2D eigenvalue weighted by Gasteiger charge is -2.21. The van der Waals surface area contributed by atoms with E-state index in [0.717, 1.165) is 0 Å². The van der Waals surface area contributed by atoms with Gasteiger partial charge >= 0.3 is 11.9 Å². The summed E-state index contributed by atoms with van der Waals surface area (Å²) >= 11 is 5.58. The van der Waals surface area contributed by atoms with Crippen LogP contribution in [0.15, 0.2) is 59.1 Å². The number of hydrogen-bond acceptors (Lipinski definition) is 8. The lowest BCUT2D eigenvalue weighted by atomic mass is 10.1. The largest absolute Gasteiger partial charge is 0.465 e. The van der Waals surface area contributed by atoms with Gasteiger partial charge in [-0.15, -0.1) is 0 Å². The molecule has 1 aliphatic heterocycles. The summed E-state index contributed by atoms with van der Waals surface area (Å²) < 4.78 is 11.5. The summed E-state index contributed by atoms with van der Waals surface area (Å²) in [5, 5.41) is 9.61. The SMILES string of the molecule is CCN1C(=O)C(CC(=O)Nc2ccc(C(=O)OC)cc2)N(Cc2c(NC(=O)c3ccccc3)on[n+]2C)C1=S. The first-order valence-corrected chi connectivity index (χ1v) is 12.5. The summed E-state index contributed by atoms with van der Waals surface area (Å²) in [7, 11) is 2.92. The summed E-state index contributed by atoms with van der Waals surface area (Å²) in [5.74, 6) is -1.51. The molecule has 4 rings (SSSR count). The first-order chi connectivity index (χ1) is 18.7. The Morgan fingerprint density at radius 3 is 2.41 bits per heavy atom. The van der Waals surface area contributed by atoms with E-state index in [9.17, 15) is 19.2 Å². The lowest BCUT2D eigenvalue weighted by molar-refractivity contribution is -0.746. The summed E-state index contributed by atoms with van der Waals surface area (Å²) in [6, 6.07) is 13.9. The minimum absolute atomic E-state index is 0.0528. The monoisotopic (exact) mass is 551 g/mol. The first-order valence-electron chi connectivity index (χ1n) is 12.0. The van der Waals surface area contributed by atoms with Gasteiger partial charge in [0.2, 0.25) is 11.2 Å². The van der Waals surface area contributed by atoms with Crippen molar-refractivity contribution in [2.24, 2.45) is 7.05 Å². The van der Waals surface area contributed by atoms with Gasteiger partial charge in [-0.3, -0.25) is 29.1 Å². The van der Waals surface area contributed by atoms with Gasteiger partial charge in [-0.1, -0.05) is 18.2 Å². The molecule has 0 radical (unpaired) electrons. The number of methoxy groups -OCH3 is 1. The van der Waals surface area contributed by atoms with Gasteiger partial charge < -0.3 is 15.0 Å². The quantitative estimate of drug-likeness (QED) is 0.232. The third-order valence-corrected chi connectivity index (χ3v) is 6.63. The molecule has 2 N–H and O–H groups in total. The van der Waals surface area contributed by atoms with Crippen LogP contribution in [-0.2, 0) is 27.9 Å². The molecule has 1 aromatic heterocycles. The standard InChI is InChI=1S/C26H26N6O6S/c1-4-31-24(35)19(14-21(33)27-18-12-10-17(11-13-18)25(36)37-3)32(26(31)39)15-20-23(38-29-30(20)2)28-22(34)16-8-6-5-7-9-16/h5-13,19H,4,14-15H2,1-3H3,(H-,27,28,29,33,34,36)/p+1. The van der Waals surface area contributed by atoms with E-state index < -0.39 is 23.8 Å². The third-order valence-electron chi connectivity index (χ3n) is 6.18. The number of aryl methyl sites for hydroxylation is 1. The molecule has 0 bridgehead atoms. The number of benzene rings is 2. The highest BCUT2D eigenvalue weighted by Gasteiger charge is 2.44. The van der Waals surface area contributed by atoms with Crippen molar-refractivity contribution < 1.29 is 33.1 Å². The number of likely N-dealkylation sites (N-methyl/N-ethyl adjacent to an activating group) is 1. The average molecular weight is 552 g/mol. The Balaban J connectivity index is 1.51. The number of carbonyl (C=O) groups is 4. The van der Waals surface area contributed by atoms with E-state index in [1.807, 2.05) is 0 Å². The average Bonchev–Trinajstić information content (AvgIpc) is 3.39. The van der Waals surface area contributed by atoms with Crippen LogP contribution in [0.3, 0.4) is 0 Å². The molecule has 12 nitrogen and oxygen atoms in total. The van der Waals surface area contributed by atoms with E-state index in [4.69, 9.17) is 16.7 Å². The molecule has 13 heteroatoms. The third kappa shape index (κ3) is 5.93. The van der Waals surface area contributed by atoms with E-state index in [-0.39, 0.29) is 29.9 Å². The molecule has 1 unspecified atom stereocenters. The zero-order valence-electron chi connectivity index (χ0n) is 21.5. The van der Waals surface area contributed by atoms with E-state index in [0.29, 0.717) is 29.1 Å². The highest BCUT2D eigenvalue weighted by atomic mass is 32.1. The number of nitrogens with zero attached hydrogens (tertiary/aromatic N) is 4. The van der Waals surface area contributed by atoms with Crippen LogP contribution in [0.1, 0.15) is 39.8 Å². The number of ether oxygens (including phenoxy) is 1. The second-order valence-corrected chi connectivity index (χ2v) is 8.99. The van der Waals surface area contributed by atoms with Crippen molar-refractivity contribution in [3.63, 3.8) is 0 Å². The van der Waals surface area contributed by atoms with Gasteiger partial charge in [0.05, 0.1) is 19.1 Å². The fourth-order valence-electron chi connectivity index (χ4n) is 4.10. The maximum Gasteiger partial charge on any atom is 0.337 e. The van der Waals surface area contributed by atoms with Gasteiger partial charge in [0.25, 0.3) is 17.5 Å². The highest BCUT2D eigenvalue weighted by molar-refractivity contribution is 7.80. The molecule has 2 aromatic carbocycles. The predicted molar refractivity (Wildman–Crippen MR) is 142 cm³/mol. The summed E-state index contributed by atoms with van der Waals surface area (Å²) in [6.45, 7) is 2.17. The molecule has 3 amide bonds. The normalized spacial score (nSPS) is 14.9. The van der Waals surface area contributed by atoms with Crippen molar-refractivity contribution in [1.29, 1.82) is 0 Å². The van der Waals surface area contributed by atoms with Gasteiger partial charge in [0.1, 0.15) is 12.6 Å². The fourth-order valence-corrected chi connectivity index (χ4v) is 4.51. The van der Waals surface area contributed by atoms with E-state index in [1.165, 1.54) is 28.8 Å². The molecule has 2 heterocycles. The molecular weight excluding hydrogens is 524 g/mol. The zero-order valence-corrected chi connectivity index (χ0v) is 22.4. The number of anilines is 2. The number of carbonyl (C=O) groups excluding carboxylic acids is 4. The summed E-state index contributed by atoms with van der Waals surface area (Å²) in [6.07, 6.45) is -0.186. The predicted octanol–water partition coefficient (Wildman–Crippen LogP) is 1.88. The minimum atomic E-state index is -0.889. The molecule has 1 saturated heterocycles. The minimum Gasteiger partial charge on any atom is -0.465 e. The molecule has 3 aromatic rings. The molecule has 0 spiro atoms. The lowest BCUT2D eigenvalue weighted by Crippen LogP contribution is -2.43. The van der Waals surface area contributed by atoms with Crippen LogP contribution in [0, 0.1) is 0 Å². The summed E-state index contributed by atoms with van der Waals surface area (Å²) in [5.41, 5.74) is 1.68. The van der Waals surface area contributed by atoms with Crippen molar-refractivity contribution in [2.45, 2.75) is 25.9 Å². The number of aromatic nitrogens is 2. The molecular formula is C26H27N6O6S+. The van der Waals surface area contributed by atoms with E-state index in [1.54, 1.807) is 61.3 Å². The van der Waals surface area contributed by atoms with E-state index >= 15 is 0 Å². The van der Waals surface area contributed by atoms with Crippen molar-refractivity contribution in [1.82, 2.24) is 15.1 Å². The Labute approximate surface area is 229 Å². The number of hydrogen-bond donors (Lipinski definition) is 2. The van der Waals surface area contributed by atoms with Crippen LogP contribution in [-0.4, -0.2) is 63.6 Å². The molecule has 0 aliphatic carbocycles. The molecule has 1 aliphatic rings. The zero-order chi connectivity index (χ0) is 28.1. The molecule has 202 valence electrons. The molecule has 39 heavy (non-hydrogen) atoms. The van der Waals surface area contributed by atoms with Crippen LogP contribution in [0.25, 0.3) is 0 Å². The Morgan fingerprint density at radius 1 is 1.08 bits per heavy atom. The number of thiocarbonyl (C=S) groups is 1. The Bertz CT molecular complexity index is 1410. The van der Waals surface area contributed by atoms with Gasteiger partial charge in [-0.2, -0.15) is 0 Å². The molecule has 1 fully saturated rings. The van der Waals surface area contributed by atoms with Crippen LogP contribution >= 0.6 is 12.2 Å². The summed E-state index contributed by atoms with van der Waals surface area (Å²) in [4.78, 5) is 53.5. The first kappa shape index (κ1) is 27.4. The number of amides is 3. The Hall–Kier alpha value is -4.65. The second kappa shape index (κ2) is 11.8. The maximum absolute atomic E-state index is 13.2. The van der Waals surface area contributed by atoms with Crippen molar-refractivity contribution >= 4 is 52.6 Å².